The number of carbonyl (C=O) groups excluding carboxylic acids is 1. The van der Waals surface area contributed by atoms with Crippen LogP contribution in [0.2, 0.25) is 19.6 Å². The molecule has 1 aromatic carbocycles. The maximum absolute atomic E-state index is 14.4. The van der Waals surface area contributed by atoms with Crippen molar-refractivity contribution in [2.75, 3.05) is 19.0 Å². The van der Waals surface area contributed by atoms with E-state index < -0.39 is 36.1 Å². The molecule has 1 amide bonds. The average Bonchev–Trinajstić information content (AvgIpc) is 3.39. The summed E-state index contributed by atoms with van der Waals surface area (Å²) >= 11 is 1.12. The Bertz CT molecular complexity index is 1190. The molecule has 1 aliphatic heterocycles. The van der Waals surface area contributed by atoms with E-state index in [1.54, 1.807) is 51.1 Å². The van der Waals surface area contributed by atoms with Crippen molar-refractivity contribution in [3.05, 3.63) is 53.8 Å². The molecule has 2 aromatic rings. The van der Waals surface area contributed by atoms with Crippen LogP contribution in [0.25, 0.3) is 0 Å². The smallest absolute Gasteiger partial charge is 0.259 e. The second-order valence-corrected chi connectivity index (χ2v) is 17.7. The summed E-state index contributed by atoms with van der Waals surface area (Å²) in [5, 5.41) is 2.82. The Morgan fingerprint density at radius 1 is 1.29 bits per heavy atom. The first kappa shape index (κ1) is 27.5. The summed E-state index contributed by atoms with van der Waals surface area (Å²) in [5.74, 6) is -0.506. The Morgan fingerprint density at radius 2 is 1.94 bits per heavy atom. The van der Waals surface area contributed by atoms with Crippen molar-refractivity contribution in [2.45, 2.75) is 56.7 Å². The lowest BCUT2D eigenvalue weighted by molar-refractivity contribution is -0.206. The summed E-state index contributed by atoms with van der Waals surface area (Å²) in [6.07, 6.45) is 0.168. The number of hydrogen-bond donors (Lipinski definition) is 2. The third-order valence-electron chi connectivity index (χ3n) is 5.61. The molecule has 2 heterocycles. The highest BCUT2D eigenvalue weighted by Crippen LogP contribution is 2.37. The van der Waals surface area contributed by atoms with E-state index in [0.29, 0.717) is 11.3 Å². The first-order chi connectivity index (χ1) is 16.4. The van der Waals surface area contributed by atoms with Crippen LogP contribution < -0.4 is 15.3 Å². The molecule has 192 valence electrons. The van der Waals surface area contributed by atoms with Gasteiger partial charge in [0.2, 0.25) is 6.41 Å². The summed E-state index contributed by atoms with van der Waals surface area (Å²) in [4.78, 5) is 18.7. The number of benzene rings is 1. The molecule has 0 bridgehead atoms. The van der Waals surface area contributed by atoms with Gasteiger partial charge in [0.15, 0.2) is 0 Å². The molecule has 2 unspecified atom stereocenters. The number of thiophene rings is 1. The number of ether oxygens (including phenoxy) is 2. The van der Waals surface area contributed by atoms with Crippen LogP contribution in [0.4, 0.5) is 5.69 Å². The van der Waals surface area contributed by atoms with E-state index in [-0.39, 0.29) is 16.4 Å². The number of hydroxylamine groups is 1. The van der Waals surface area contributed by atoms with Crippen LogP contribution in [0, 0.1) is 0 Å². The summed E-state index contributed by atoms with van der Waals surface area (Å²) in [5.41, 5.74) is 2.70. The van der Waals surface area contributed by atoms with Gasteiger partial charge in [0.05, 0.1) is 13.6 Å². The Morgan fingerprint density at radius 3 is 2.46 bits per heavy atom. The van der Waals surface area contributed by atoms with Crippen molar-refractivity contribution >= 4 is 45.5 Å². The first-order valence-corrected chi connectivity index (χ1v) is 16.9. The minimum atomic E-state index is -4.34. The molecule has 0 aliphatic carbocycles. The van der Waals surface area contributed by atoms with E-state index >= 15 is 0 Å². The lowest BCUT2D eigenvalue weighted by atomic mass is 10.1. The number of rotatable bonds is 10. The van der Waals surface area contributed by atoms with Gasteiger partial charge < -0.3 is 19.6 Å². The van der Waals surface area contributed by atoms with Crippen LogP contribution in [-0.4, -0.2) is 52.5 Å². The second-order valence-electron chi connectivity index (χ2n) is 9.27. The summed E-state index contributed by atoms with van der Waals surface area (Å²) in [6.45, 7) is 11.7. The van der Waals surface area contributed by atoms with E-state index in [4.69, 9.17) is 14.3 Å². The van der Waals surface area contributed by atoms with Gasteiger partial charge in [-0.2, -0.15) is 0 Å². The van der Waals surface area contributed by atoms with Crippen molar-refractivity contribution in [2.24, 2.45) is 0 Å². The van der Waals surface area contributed by atoms with Crippen LogP contribution in [0.3, 0.4) is 0 Å². The Kier molecular flexibility index (Phi) is 8.26. The zero-order chi connectivity index (χ0) is 26.0. The summed E-state index contributed by atoms with van der Waals surface area (Å²) < 4.78 is 41.7. The van der Waals surface area contributed by atoms with E-state index in [1.165, 1.54) is 13.4 Å². The van der Waals surface area contributed by atoms with Gasteiger partial charge in [0, 0.05) is 25.0 Å². The Balaban J connectivity index is 2.19. The predicted octanol–water partition coefficient (Wildman–Crippen LogP) is 3.66. The summed E-state index contributed by atoms with van der Waals surface area (Å²) in [7, 11) is -4.94. The number of para-hydroxylation sites is 1. The van der Waals surface area contributed by atoms with Gasteiger partial charge in [-0.15, -0.1) is 21.1 Å². The van der Waals surface area contributed by atoms with Gasteiger partial charge in [-0.1, -0.05) is 37.8 Å². The molecular weight excluding hydrogens is 506 g/mol. The zero-order valence-electron chi connectivity index (χ0n) is 21.0. The SMILES string of the molecule is CCOC(OC)N(C1(C)NOC=C1C)S(=O)(=O)c1sc([Si](C)(C)C)cc1C(=O)Nc1ccccc1. The van der Waals surface area contributed by atoms with E-state index in [2.05, 4.69) is 30.4 Å². The number of carbonyl (C=O) groups is 1. The van der Waals surface area contributed by atoms with E-state index in [0.717, 1.165) is 20.1 Å². The molecule has 1 aliphatic rings. The largest absolute Gasteiger partial charge is 0.414 e. The van der Waals surface area contributed by atoms with Crippen LogP contribution >= 0.6 is 11.3 Å². The van der Waals surface area contributed by atoms with Gasteiger partial charge in [0.25, 0.3) is 15.9 Å². The molecule has 0 spiro atoms. The number of hydrogen-bond acceptors (Lipinski definition) is 8. The van der Waals surface area contributed by atoms with Crippen LogP contribution in [0.5, 0.6) is 0 Å². The number of sulfonamides is 1. The van der Waals surface area contributed by atoms with Crippen molar-refractivity contribution in [1.29, 1.82) is 0 Å². The van der Waals surface area contributed by atoms with Gasteiger partial charge in [-0.05, 0) is 43.5 Å². The third kappa shape index (κ3) is 5.53. The van der Waals surface area contributed by atoms with Crippen molar-refractivity contribution in [3.8, 4) is 0 Å². The lowest BCUT2D eigenvalue weighted by Gasteiger charge is -2.40. The number of nitrogens with zero attached hydrogens (tertiary/aromatic N) is 1. The molecule has 0 radical (unpaired) electrons. The zero-order valence-corrected chi connectivity index (χ0v) is 23.7. The lowest BCUT2D eigenvalue weighted by Crippen LogP contribution is -2.61. The third-order valence-corrected chi connectivity index (χ3v) is 12.7. The van der Waals surface area contributed by atoms with E-state index in [9.17, 15) is 13.2 Å². The molecule has 0 fully saturated rings. The fourth-order valence-electron chi connectivity index (χ4n) is 3.49. The quantitative estimate of drug-likeness (QED) is 0.351. The van der Waals surface area contributed by atoms with Crippen molar-refractivity contribution < 1.29 is 27.5 Å². The standard InChI is InChI=1S/C23H33N3O6S2Si/c1-8-31-22(30-4)26(23(3)16(2)15-32-25-23)34(28,29)21-18(14-19(33-21)35(5,6)7)20(27)24-17-12-10-9-11-13-17/h9-15,22,25H,8H2,1-7H3,(H,24,27). The number of anilines is 1. The average molecular weight is 540 g/mol. The van der Waals surface area contributed by atoms with Gasteiger partial charge in [0.1, 0.15) is 16.1 Å². The fourth-order valence-corrected chi connectivity index (χ4v) is 9.03. The van der Waals surface area contributed by atoms with E-state index in [1.807, 2.05) is 6.07 Å². The molecule has 0 saturated heterocycles. The molecule has 0 saturated carbocycles. The minimum absolute atomic E-state index is 0.0761. The monoisotopic (exact) mass is 539 g/mol. The topological polar surface area (TPSA) is 106 Å². The maximum Gasteiger partial charge on any atom is 0.259 e. The second kappa shape index (κ2) is 10.5. The van der Waals surface area contributed by atoms with Crippen LogP contribution in [-0.2, 0) is 24.3 Å². The Labute approximate surface area is 212 Å². The fraction of sp³-hybridized carbons (Fsp3) is 0.435. The van der Waals surface area contributed by atoms with Gasteiger partial charge >= 0.3 is 0 Å². The van der Waals surface area contributed by atoms with Crippen LogP contribution in [0.1, 0.15) is 31.1 Å². The van der Waals surface area contributed by atoms with Crippen molar-refractivity contribution in [3.63, 3.8) is 0 Å². The van der Waals surface area contributed by atoms with Gasteiger partial charge in [-0.3, -0.25) is 4.79 Å². The molecule has 1 aromatic heterocycles. The normalized spacial score (nSPS) is 19.4. The highest BCUT2D eigenvalue weighted by Gasteiger charge is 2.51. The van der Waals surface area contributed by atoms with Crippen LogP contribution in [0.15, 0.2) is 52.4 Å². The maximum atomic E-state index is 14.4. The number of amides is 1. The molecule has 2 N–H and O–H groups in total. The number of methoxy groups -OCH3 is 1. The molecule has 12 heteroatoms. The highest BCUT2D eigenvalue weighted by atomic mass is 32.2. The molecule has 35 heavy (non-hydrogen) atoms. The molecule has 3 rings (SSSR count). The minimum Gasteiger partial charge on any atom is -0.414 e. The van der Waals surface area contributed by atoms with Crippen molar-refractivity contribution in [1.82, 2.24) is 9.79 Å². The highest BCUT2D eigenvalue weighted by molar-refractivity contribution is 7.91. The van der Waals surface area contributed by atoms with Gasteiger partial charge in [-0.25, -0.2) is 8.42 Å². The number of nitrogens with one attached hydrogen (secondary N) is 2. The molecule has 2 atom stereocenters. The summed E-state index contributed by atoms with van der Waals surface area (Å²) in [6, 6.07) is 10.6. The first-order valence-electron chi connectivity index (χ1n) is 11.2. The molecular formula is C23H33N3O6S2Si. The predicted molar refractivity (Wildman–Crippen MR) is 140 cm³/mol. The Hall–Kier alpha value is -2.06. The molecule has 9 nitrogen and oxygen atoms in total.